The number of cyclic esters (lactones) is 1. The lowest BCUT2D eigenvalue weighted by molar-refractivity contribution is -0.146. The second-order valence-electron chi connectivity index (χ2n) is 2.54. The molecule has 0 aromatic heterocycles. The van der Waals surface area contributed by atoms with E-state index in [1.165, 1.54) is 0 Å². The summed E-state index contributed by atoms with van der Waals surface area (Å²) < 4.78 is 4.40. The van der Waals surface area contributed by atoms with Crippen molar-refractivity contribution in [2.24, 2.45) is 5.11 Å². The average Bonchev–Trinajstić information content (AvgIpc) is 2.42. The SMILES string of the molecule is [N-]=[N+]=NC[C@H](O)[C@H]1OC(=O)C(O)=C1O. The molecule has 0 amide bonds. The number of aliphatic hydroxyl groups is 3. The van der Waals surface area contributed by atoms with Crippen LogP contribution in [-0.4, -0.2) is 40.0 Å². The van der Waals surface area contributed by atoms with E-state index < -0.39 is 29.7 Å². The predicted molar refractivity (Wildman–Crippen MR) is 42.2 cm³/mol. The molecule has 0 spiro atoms. The Morgan fingerprint density at radius 2 is 2.29 bits per heavy atom. The second kappa shape index (κ2) is 3.86. The highest BCUT2D eigenvalue weighted by Crippen LogP contribution is 2.21. The first-order chi connectivity index (χ1) is 6.57. The summed E-state index contributed by atoms with van der Waals surface area (Å²) >= 11 is 0. The fourth-order valence-corrected chi connectivity index (χ4v) is 0.943. The van der Waals surface area contributed by atoms with Gasteiger partial charge in [0.05, 0.1) is 6.54 Å². The molecule has 0 fully saturated rings. The van der Waals surface area contributed by atoms with Crippen LogP contribution in [0.2, 0.25) is 0 Å². The van der Waals surface area contributed by atoms with Crippen LogP contribution in [0.3, 0.4) is 0 Å². The molecule has 0 aromatic rings. The summed E-state index contributed by atoms with van der Waals surface area (Å²) in [4.78, 5) is 13.0. The Bertz CT molecular complexity index is 332. The van der Waals surface area contributed by atoms with Gasteiger partial charge < -0.3 is 20.1 Å². The molecule has 0 saturated heterocycles. The van der Waals surface area contributed by atoms with Crippen molar-refractivity contribution in [3.63, 3.8) is 0 Å². The minimum Gasteiger partial charge on any atom is -0.505 e. The molecule has 3 N–H and O–H groups in total. The van der Waals surface area contributed by atoms with Crippen LogP contribution in [0.4, 0.5) is 0 Å². The first kappa shape index (κ1) is 10.2. The molecular weight excluding hydrogens is 194 g/mol. The van der Waals surface area contributed by atoms with Gasteiger partial charge in [-0.05, 0) is 5.53 Å². The Morgan fingerprint density at radius 3 is 2.71 bits per heavy atom. The van der Waals surface area contributed by atoms with Crippen molar-refractivity contribution in [2.75, 3.05) is 6.54 Å². The molecule has 14 heavy (non-hydrogen) atoms. The zero-order valence-electron chi connectivity index (χ0n) is 6.86. The number of azide groups is 1. The van der Waals surface area contributed by atoms with Gasteiger partial charge >= 0.3 is 5.97 Å². The third-order valence-electron chi connectivity index (χ3n) is 1.62. The number of nitrogens with zero attached hydrogens (tertiary/aromatic N) is 3. The summed E-state index contributed by atoms with van der Waals surface area (Å²) in [6.45, 7) is -0.369. The first-order valence-electron chi connectivity index (χ1n) is 3.60. The highest BCUT2D eigenvalue weighted by Gasteiger charge is 2.38. The Kier molecular flexibility index (Phi) is 2.80. The Morgan fingerprint density at radius 1 is 1.64 bits per heavy atom. The van der Waals surface area contributed by atoms with Crippen molar-refractivity contribution >= 4 is 5.97 Å². The summed E-state index contributed by atoms with van der Waals surface area (Å²) in [6.07, 6.45) is -2.74. The number of rotatable bonds is 3. The van der Waals surface area contributed by atoms with Crippen molar-refractivity contribution in [1.82, 2.24) is 0 Å². The quantitative estimate of drug-likeness (QED) is 0.253. The normalized spacial score (nSPS) is 22.9. The first-order valence-corrected chi connectivity index (χ1v) is 3.60. The fraction of sp³-hybridized carbons (Fsp3) is 0.500. The molecule has 76 valence electrons. The van der Waals surface area contributed by atoms with Crippen LogP contribution < -0.4 is 0 Å². The smallest absolute Gasteiger partial charge is 0.377 e. The van der Waals surface area contributed by atoms with Gasteiger partial charge in [-0.3, -0.25) is 0 Å². The Hall–Kier alpha value is -1.92. The van der Waals surface area contributed by atoms with Crippen LogP contribution in [0.25, 0.3) is 10.4 Å². The maximum Gasteiger partial charge on any atom is 0.377 e. The number of ether oxygens (including phenoxy) is 1. The molecule has 8 heteroatoms. The van der Waals surface area contributed by atoms with Gasteiger partial charge in [0.2, 0.25) is 5.76 Å². The van der Waals surface area contributed by atoms with Gasteiger partial charge in [-0.15, -0.1) is 0 Å². The molecule has 0 aliphatic carbocycles. The van der Waals surface area contributed by atoms with E-state index in [0.717, 1.165) is 0 Å². The molecule has 2 atom stereocenters. The van der Waals surface area contributed by atoms with E-state index in [9.17, 15) is 9.90 Å². The molecule has 1 aliphatic rings. The van der Waals surface area contributed by atoms with E-state index in [0.29, 0.717) is 0 Å². The summed E-state index contributed by atoms with van der Waals surface area (Å²) in [5.41, 5.74) is 7.94. The lowest BCUT2D eigenvalue weighted by Crippen LogP contribution is -2.30. The Labute approximate surface area is 77.7 Å². The molecule has 0 radical (unpaired) electrons. The molecule has 1 aliphatic heterocycles. The van der Waals surface area contributed by atoms with Crippen LogP contribution in [0.1, 0.15) is 0 Å². The lowest BCUT2D eigenvalue weighted by Gasteiger charge is -2.14. The maximum atomic E-state index is 10.7. The van der Waals surface area contributed by atoms with Gasteiger partial charge in [0.1, 0.15) is 6.10 Å². The number of carbonyl (C=O) groups excluding carboxylic acids is 1. The van der Waals surface area contributed by atoms with Gasteiger partial charge in [0, 0.05) is 4.91 Å². The van der Waals surface area contributed by atoms with Crippen molar-refractivity contribution < 1.29 is 24.9 Å². The van der Waals surface area contributed by atoms with Gasteiger partial charge in [-0.2, -0.15) is 0 Å². The zero-order valence-corrected chi connectivity index (χ0v) is 6.86. The molecule has 8 nitrogen and oxygen atoms in total. The molecule has 1 heterocycles. The van der Waals surface area contributed by atoms with Crippen LogP contribution in [0.15, 0.2) is 16.6 Å². The molecular formula is C6H7N3O5. The van der Waals surface area contributed by atoms with Crippen molar-refractivity contribution in [3.8, 4) is 0 Å². The number of aliphatic hydroxyl groups excluding tert-OH is 3. The average molecular weight is 201 g/mol. The van der Waals surface area contributed by atoms with E-state index in [2.05, 4.69) is 14.8 Å². The Balaban J connectivity index is 2.72. The molecule has 0 bridgehead atoms. The van der Waals surface area contributed by atoms with Gasteiger partial charge in [0.25, 0.3) is 0 Å². The third kappa shape index (κ3) is 1.70. The van der Waals surface area contributed by atoms with Crippen LogP contribution in [0, 0.1) is 0 Å². The van der Waals surface area contributed by atoms with Gasteiger partial charge in [-0.25, -0.2) is 4.79 Å². The van der Waals surface area contributed by atoms with Crippen LogP contribution >= 0.6 is 0 Å². The molecule has 0 unspecified atom stereocenters. The van der Waals surface area contributed by atoms with E-state index in [4.69, 9.17) is 15.7 Å². The lowest BCUT2D eigenvalue weighted by atomic mass is 10.2. The third-order valence-corrected chi connectivity index (χ3v) is 1.62. The number of hydrogen-bond acceptors (Lipinski definition) is 6. The number of esters is 1. The van der Waals surface area contributed by atoms with Crippen molar-refractivity contribution in [1.29, 1.82) is 0 Å². The molecule has 1 rings (SSSR count). The van der Waals surface area contributed by atoms with Gasteiger partial charge in [-0.1, -0.05) is 5.11 Å². The molecule has 0 aromatic carbocycles. The highest BCUT2D eigenvalue weighted by atomic mass is 16.6. The standard InChI is InChI=1S/C6H7N3O5/c7-9-8-1-2(10)5-3(11)4(12)6(13)14-5/h2,5,10-12H,1H2/t2-,5+/m0/s1. The fourth-order valence-electron chi connectivity index (χ4n) is 0.943. The van der Waals surface area contributed by atoms with Crippen LogP contribution in [-0.2, 0) is 9.53 Å². The maximum absolute atomic E-state index is 10.7. The zero-order chi connectivity index (χ0) is 10.7. The second-order valence-corrected chi connectivity index (χ2v) is 2.54. The number of hydrogen-bond donors (Lipinski definition) is 3. The van der Waals surface area contributed by atoms with E-state index in [-0.39, 0.29) is 6.54 Å². The van der Waals surface area contributed by atoms with Crippen molar-refractivity contribution in [3.05, 3.63) is 22.0 Å². The topological polar surface area (TPSA) is 136 Å². The van der Waals surface area contributed by atoms with E-state index in [1.54, 1.807) is 0 Å². The van der Waals surface area contributed by atoms with E-state index in [1.807, 2.05) is 0 Å². The van der Waals surface area contributed by atoms with E-state index >= 15 is 0 Å². The summed E-state index contributed by atoms with van der Waals surface area (Å²) in [6, 6.07) is 0. The summed E-state index contributed by atoms with van der Waals surface area (Å²) in [5, 5.41) is 30.2. The van der Waals surface area contributed by atoms with Crippen LogP contribution in [0.5, 0.6) is 0 Å². The highest BCUT2D eigenvalue weighted by molar-refractivity contribution is 5.89. The predicted octanol–water partition coefficient (Wildman–Crippen LogP) is -0.0894. The largest absolute Gasteiger partial charge is 0.505 e. The van der Waals surface area contributed by atoms with Gasteiger partial charge in [0.15, 0.2) is 11.9 Å². The summed E-state index contributed by atoms with van der Waals surface area (Å²) in [7, 11) is 0. The summed E-state index contributed by atoms with van der Waals surface area (Å²) in [5.74, 6) is -2.81. The molecule has 0 saturated carbocycles. The number of carbonyl (C=O) groups is 1. The monoisotopic (exact) mass is 201 g/mol. The minimum atomic E-state index is -1.38. The minimum absolute atomic E-state index is 0.369. The van der Waals surface area contributed by atoms with Crippen molar-refractivity contribution in [2.45, 2.75) is 12.2 Å².